The number of aryl methyl sites for hydroxylation is 2. The summed E-state index contributed by atoms with van der Waals surface area (Å²) in [4.78, 5) is 8.51. The quantitative estimate of drug-likeness (QED) is 0.488. The van der Waals surface area contributed by atoms with Crippen LogP contribution in [0.15, 0.2) is 60.7 Å². The molecule has 0 atom stereocenters. The van der Waals surface area contributed by atoms with E-state index >= 15 is 0 Å². The molecule has 0 amide bonds. The van der Waals surface area contributed by atoms with Crippen LogP contribution < -0.4 is 15.4 Å². The van der Waals surface area contributed by atoms with E-state index in [1.807, 2.05) is 74.5 Å². The predicted octanol–water partition coefficient (Wildman–Crippen LogP) is 4.34. The van der Waals surface area contributed by atoms with E-state index in [1.54, 1.807) is 0 Å². The van der Waals surface area contributed by atoms with Gasteiger partial charge in [0, 0.05) is 17.1 Å². The third kappa shape index (κ3) is 4.78. The zero-order valence-electron chi connectivity index (χ0n) is 14.1. The Morgan fingerprint density at radius 3 is 2.08 bits per heavy atom. The van der Waals surface area contributed by atoms with Gasteiger partial charge in [-0.05, 0) is 56.3 Å². The van der Waals surface area contributed by atoms with Crippen LogP contribution in [-0.4, -0.2) is 15.9 Å². The van der Waals surface area contributed by atoms with Crippen molar-refractivity contribution < 1.29 is 4.74 Å². The van der Waals surface area contributed by atoms with Crippen molar-refractivity contribution in [2.24, 2.45) is 0 Å². The van der Waals surface area contributed by atoms with Crippen LogP contribution in [0.3, 0.4) is 0 Å². The van der Waals surface area contributed by atoms with Crippen LogP contribution in [0.4, 0.5) is 11.6 Å². The minimum Gasteiger partial charge on any atom is -0.457 e. The largest absolute Gasteiger partial charge is 0.457 e. The molecule has 3 rings (SSSR count). The Kier molecular flexibility index (Phi) is 4.89. The number of hydrogen-bond donors (Lipinski definition) is 3. The molecule has 25 heavy (non-hydrogen) atoms. The van der Waals surface area contributed by atoms with Gasteiger partial charge in [-0.25, -0.2) is 9.97 Å². The molecule has 3 aromatic rings. The molecule has 0 aliphatic heterocycles. The number of rotatable bonds is 4. The summed E-state index contributed by atoms with van der Waals surface area (Å²) < 4.78 is 5.74. The molecule has 126 valence electrons. The van der Waals surface area contributed by atoms with Crippen molar-refractivity contribution in [2.75, 3.05) is 10.6 Å². The first-order valence-corrected chi connectivity index (χ1v) is 7.86. The number of hydrogen-bond acceptors (Lipinski definition) is 4. The predicted molar refractivity (Wildman–Crippen MR) is 99.4 cm³/mol. The highest BCUT2D eigenvalue weighted by molar-refractivity contribution is 6.00. The van der Waals surface area contributed by atoms with Gasteiger partial charge in [0.1, 0.15) is 11.5 Å². The molecule has 0 fully saturated rings. The average Bonchev–Trinajstić information content (AvgIpc) is 2.56. The van der Waals surface area contributed by atoms with Crippen molar-refractivity contribution in [3.8, 4) is 11.5 Å². The summed E-state index contributed by atoms with van der Waals surface area (Å²) in [5.41, 5.74) is 2.47. The number of anilines is 2. The highest BCUT2D eigenvalue weighted by Gasteiger charge is 2.04. The monoisotopic (exact) mass is 333 g/mol. The van der Waals surface area contributed by atoms with Gasteiger partial charge in [-0.1, -0.05) is 18.2 Å². The second-order valence-corrected chi connectivity index (χ2v) is 5.54. The van der Waals surface area contributed by atoms with Crippen LogP contribution in [0, 0.1) is 19.3 Å². The molecule has 0 unspecified atom stereocenters. The molecule has 3 N–H and O–H groups in total. The van der Waals surface area contributed by atoms with Gasteiger partial charge in [-0.2, -0.15) is 0 Å². The summed E-state index contributed by atoms with van der Waals surface area (Å²) in [5, 5.41) is 13.8. The molecule has 2 aromatic carbocycles. The van der Waals surface area contributed by atoms with E-state index < -0.39 is 0 Å². The summed E-state index contributed by atoms with van der Waals surface area (Å²) in [5.74, 6) is 2.01. The van der Waals surface area contributed by atoms with Crippen molar-refractivity contribution in [3.05, 3.63) is 72.1 Å². The van der Waals surface area contributed by atoms with E-state index in [4.69, 9.17) is 10.1 Å². The molecule has 1 aromatic heterocycles. The van der Waals surface area contributed by atoms with Crippen molar-refractivity contribution in [2.45, 2.75) is 13.8 Å². The van der Waals surface area contributed by atoms with Crippen molar-refractivity contribution in [3.63, 3.8) is 0 Å². The van der Waals surface area contributed by atoms with Crippen LogP contribution in [0.2, 0.25) is 0 Å². The number of para-hydroxylation sites is 1. The molecule has 0 radical (unpaired) electrons. The summed E-state index contributed by atoms with van der Waals surface area (Å²) in [6.45, 7) is 3.78. The molecule has 0 spiro atoms. The summed E-state index contributed by atoms with van der Waals surface area (Å²) >= 11 is 0. The Morgan fingerprint density at radius 1 is 0.840 bits per heavy atom. The summed E-state index contributed by atoms with van der Waals surface area (Å²) in [6, 6.07) is 18.8. The minimum atomic E-state index is 0.0988. The molecular formula is C19H19N5O. The summed E-state index contributed by atoms with van der Waals surface area (Å²) in [6.07, 6.45) is 0. The average molecular weight is 333 g/mol. The van der Waals surface area contributed by atoms with Gasteiger partial charge in [-0.15, -0.1) is 0 Å². The fourth-order valence-corrected chi connectivity index (χ4v) is 2.30. The molecule has 1 heterocycles. The topological polar surface area (TPSA) is 82.9 Å². The van der Waals surface area contributed by atoms with E-state index in [1.165, 1.54) is 0 Å². The Balaban J connectivity index is 1.60. The third-order valence-electron chi connectivity index (χ3n) is 3.32. The first kappa shape index (κ1) is 16.4. The second kappa shape index (κ2) is 7.44. The van der Waals surface area contributed by atoms with Crippen LogP contribution in [0.25, 0.3) is 0 Å². The first-order valence-electron chi connectivity index (χ1n) is 7.86. The maximum atomic E-state index is 8.00. The number of benzene rings is 2. The highest BCUT2D eigenvalue weighted by Crippen LogP contribution is 2.22. The molecule has 6 nitrogen and oxygen atoms in total. The van der Waals surface area contributed by atoms with Crippen LogP contribution in [0.1, 0.15) is 11.4 Å². The van der Waals surface area contributed by atoms with Gasteiger partial charge in [0.05, 0.1) is 0 Å². The summed E-state index contributed by atoms with van der Waals surface area (Å²) in [7, 11) is 0. The number of guanidine groups is 1. The number of aromatic nitrogens is 2. The van der Waals surface area contributed by atoms with Crippen LogP contribution in [-0.2, 0) is 0 Å². The standard InChI is InChI=1S/C19H19N5O/c1-13-12-14(2)22-19(21-13)24-18(20)23-15-8-10-17(11-9-15)25-16-6-4-3-5-7-16/h3-12H,1-2H3,(H3,20,21,22,23,24). The van der Waals surface area contributed by atoms with E-state index in [-0.39, 0.29) is 5.96 Å². The van der Waals surface area contributed by atoms with Gasteiger partial charge in [0.2, 0.25) is 5.95 Å². The zero-order chi connectivity index (χ0) is 17.6. The normalized spacial score (nSPS) is 10.2. The number of nitrogens with one attached hydrogen (secondary N) is 3. The zero-order valence-corrected chi connectivity index (χ0v) is 14.1. The van der Waals surface area contributed by atoms with Crippen LogP contribution >= 0.6 is 0 Å². The third-order valence-corrected chi connectivity index (χ3v) is 3.32. The van der Waals surface area contributed by atoms with E-state index in [9.17, 15) is 0 Å². The Labute approximate surface area is 146 Å². The fraction of sp³-hybridized carbons (Fsp3) is 0.105. The van der Waals surface area contributed by atoms with Gasteiger partial charge < -0.3 is 10.1 Å². The lowest BCUT2D eigenvalue weighted by atomic mass is 10.3. The van der Waals surface area contributed by atoms with Crippen molar-refractivity contribution >= 4 is 17.6 Å². The minimum absolute atomic E-state index is 0.0988. The second-order valence-electron chi connectivity index (χ2n) is 5.54. The number of nitrogens with zero attached hydrogens (tertiary/aromatic N) is 2. The van der Waals surface area contributed by atoms with Crippen LogP contribution in [0.5, 0.6) is 11.5 Å². The molecular weight excluding hydrogens is 314 g/mol. The Bertz CT molecular complexity index is 842. The maximum Gasteiger partial charge on any atom is 0.229 e. The lowest BCUT2D eigenvalue weighted by molar-refractivity contribution is 0.483. The Hall–Kier alpha value is -3.41. The van der Waals surface area contributed by atoms with Gasteiger partial charge >= 0.3 is 0 Å². The molecule has 0 saturated heterocycles. The lowest BCUT2D eigenvalue weighted by Crippen LogP contribution is -2.22. The van der Waals surface area contributed by atoms with E-state index in [0.717, 1.165) is 28.6 Å². The van der Waals surface area contributed by atoms with Gasteiger partial charge in [0.15, 0.2) is 5.96 Å². The first-order chi connectivity index (χ1) is 12.1. The van der Waals surface area contributed by atoms with Crippen molar-refractivity contribution in [1.29, 1.82) is 5.41 Å². The molecule has 6 heteroatoms. The van der Waals surface area contributed by atoms with Gasteiger partial charge in [0.25, 0.3) is 0 Å². The number of ether oxygens (including phenoxy) is 1. The van der Waals surface area contributed by atoms with E-state index in [2.05, 4.69) is 20.6 Å². The molecule has 0 aliphatic carbocycles. The Morgan fingerprint density at radius 2 is 1.44 bits per heavy atom. The van der Waals surface area contributed by atoms with Crippen molar-refractivity contribution in [1.82, 2.24) is 9.97 Å². The molecule has 0 bridgehead atoms. The van der Waals surface area contributed by atoms with Gasteiger partial charge in [-0.3, -0.25) is 10.7 Å². The maximum absolute atomic E-state index is 8.00. The highest BCUT2D eigenvalue weighted by atomic mass is 16.5. The molecule has 0 saturated carbocycles. The fourth-order valence-electron chi connectivity index (χ4n) is 2.30. The lowest BCUT2D eigenvalue weighted by Gasteiger charge is -2.11. The smallest absolute Gasteiger partial charge is 0.229 e. The van der Waals surface area contributed by atoms with E-state index in [0.29, 0.717) is 5.95 Å². The SMILES string of the molecule is Cc1cc(C)nc(NC(=N)Nc2ccc(Oc3ccccc3)cc2)n1. The molecule has 0 aliphatic rings.